The van der Waals surface area contributed by atoms with E-state index in [9.17, 15) is 9.90 Å². The maximum atomic E-state index is 11.6. The molecule has 1 amide bonds. The van der Waals surface area contributed by atoms with Gasteiger partial charge in [-0.25, -0.2) is 19.7 Å². The Hall–Kier alpha value is -3.24. The molecule has 0 saturated heterocycles. The van der Waals surface area contributed by atoms with Gasteiger partial charge in [-0.05, 0) is 51.5 Å². The summed E-state index contributed by atoms with van der Waals surface area (Å²) in [6, 6.07) is 9.58. The lowest BCUT2D eigenvalue weighted by Gasteiger charge is -2.33. The molecule has 0 aliphatic rings. The van der Waals surface area contributed by atoms with Gasteiger partial charge in [0.2, 0.25) is 5.95 Å². The highest BCUT2D eigenvalue weighted by atomic mass is 32.1. The molecule has 2 heterocycles. The van der Waals surface area contributed by atoms with Crippen LogP contribution in [0.3, 0.4) is 0 Å². The van der Waals surface area contributed by atoms with Crippen molar-refractivity contribution in [3.05, 3.63) is 48.3 Å². The molecule has 0 aliphatic heterocycles. The molecule has 1 aromatic carbocycles. The number of nitrogens with one attached hydrogen (secondary N) is 2. The van der Waals surface area contributed by atoms with Gasteiger partial charge in [0.05, 0.1) is 17.2 Å². The number of methoxy groups -OCH3 is 1. The van der Waals surface area contributed by atoms with Gasteiger partial charge < -0.3 is 20.5 Å². The highest BCUT2D eigenvalue weighted by Gasteiger charge is 2.26. The van der Waals surface area contributed by atoms with E-state index in [1.165, 1.54) is 16.2 Å². The van der Waals surface area contributed by atoms with Gasteiger partial charge in [0.25, 0.3) is 0 Å². The van der Waals surface area contributed by atoms with Gasteiger partial charge in [-0.15, -0.1) is 0 Å². The molecule has 3 rings (SSSR count). The van der Waals surface area contributed by atoms with Crippen molar-refractivity contribution in [2.24, 2.45) is 0 Å². The molecule has 176 valence electrons. The van der Waals surface area contributed by atoms with Crippen molar-refractivity contribution in [2.75, 3.05) is 24.4 Å². The first kappa shape index (κ1) is 24.4. The third kappa shape index (κ3) is 6.87. The molecular weight excluding hydrogens is 440 g/mol. The van der Waals surface area contributed by atoms with Crippen molar-refractivity contribution in [1.29, 1.82) is 0 Å². The summed E-state index contributed by atoms with van der Waals surface area (Å²) in [5.41, 5.74) is 2.01. The second-order valence-corrected chi connectivity index (χ2v) is 9.69. The molecule has 0 radical (unpaired) electrons. The number of benzene rings is 1. The van der Waals surface area contributed by atoms with Crippen LogP contribution in [0.2, 0.25) is 0 Å². The Morgan fingerprint density at radius 2 is 1.94 bits per heavy atom. The summed E-state index contributed by atoms with van der Waals surface area (Å²) in [5, 5.41) is 16.8. The Morgan fingerprint density at radius 1 is 1.21 bits per heavy atom. The van der Waals surface area contributed by atoms with Crippen LogP contribution in [-0.2, 0) is 11.3 Å². The number of ether oxygens (including phenoxy) is 1. The predicted octanol–water partition coefficient (Wildman–Crippen LogP) is 5.07. The third-order valence-corrected chi connectivity index (χ3v) is 5.74. The van der Waals surface area contributed by atoms with E-state index in [1.54, 1.807) is 19.5 Å². The standard InChI is InChI=1S/C23H30N6O3S/c1-15(14-32-5)26-21-25-12-19(33-21)18-10-11-24-20(28-18)27-17-8-6-16(7-9-17)13-29(22(30)31)23(2,3)4/h6-12,15H,13-14H2,1-5H3,(H,25,26)(H,30,31)(H,24,27,28). The van der Waals surface area contributed by atoms with Crippen molar-refractivity contribution >= 4 is 34.2 Å². The maximum Gasteiger partial charge on any atom is 0.408 e. The van der Waals surface area contributed by atoms with E-state index in [0.29, 0.717) is 19.1 Å². The van der Waals surface area contributed by atoms with E-state index in [-0.39, 0.29) is 6.04 Å². The number of carboxylic acid groups (broad SMARTS) is 1. The minimum atomic E-state index is -0.940. The van der Waals surface area contributed by atoms with Gasteiger partial charge >= 0.3 is 6.09 Å². The number of carbonyl (C=O) groups is 1. The zero-order chi connectivity index (χ0) is 24.0. The normalized spacial score (nSPS) is 12.3. The molecule has 33 heavy (non-hydrogen) atoms. The van der Waals surface area contributed by atoms with Crippen molar-refractivity contribution < 1.29 is 14.6 Å². The number of rotatable bonds is 9. The average molecular weight is 471 g/mol. The number of nitrogens with zero attached hydrogens (tertiary/aromatic N) is 4. The lowest BCUT2D eigenvalue weighted by molar-refractivity contribution is 0.0955. The van der Waals surface area contributed by atoms with Gasteiger partial charge in [-0.1, -0.05) is 23.5 Å². The summed E-state index contributed by atoms with van der Waals surface area (Å²) in [7, 11) is 1.67. The topological polar surface area (TPSA) is 112 Å². The third-order valence-electron chi connectivity index (χ3n) is 4.79. The number of hydrogen-bond donors (Lipinski definition) is 3. The highest BCUT2D eigenvalue weighted by molar-refractivity contribution is 7.18. The van der Waals surface area contributed by atoms with Gasteiger partial charge in [-0.3, -0.25) is 4.90 Å². The summed E-state index contributed by atoms with van der Waals surface area (Å²) >= 11 is 1.52. The molecule has 1 unspecified atom stereocenters. The first-order chi connectivity index (χ1) is 15.7. The van der Waals surface area contributed by atoms with Crippen molar-refractivity contribution in [3.8, 4) is 10.6 Å². The van der Waals surface area contributed by atoms with Crippen LogP contribution in [0, 0.1) is 0 Å². The summed E-state index contributed by atoms with van der Waals surface area (Å²) in [6.07, 6.45) is 2.55. The molecule has 0 saturated carbocycles. The zero-order valence-electron chi connectivity index (χ0n) is 19.5. The molecule has 9 nitrogen and oxygen atoms in total. The summed E-state index contributed by atoms with van der Waals surface area (Å²) < 4.78 is 5.15. The van der Waals surface area contributed by atoms with E-state index in [4.69, 9.17) is 4.74 Å². The Morgan fingerprint density at radius 3 is 2.58 bits per heavy atom. The lowest BCUT2D eigenvalue weighted by Crippen LogP contribution is -2.44. The number of thiazole rings is 1. The minimum absolute atomic E-state index is 0.158. The van der Waals surface area contributed by atoms with Crippen molar-refractivity contribution in [1.82, 2.24) is 19.9 Å². The van der Waals surface area contributed by atoms with E-state index in [1.807, 2.05) is 58.0 Å². The van der Waals surface area contributed by atoms with Crippen LogP contribution in [-0.4, -0.2) is 56.3 Å². The number of anilines is 3. The fraction of sp³-hybridized carbons (Fsp3) is 0.391. The largest absolute Gasteiger partial charge is 0.465 e. The Bertz CT molecular complexity index is 1060. The van der Waals surface area contributed by atoms with Crippen LogP contribution in [0.25, 0.3) is 10.6 Å². The number of amides is 1. The van der Waals surface area contributed by atoms with Crippen molar-refractivity contribution in [2.45, 2.75) is 45.8 Å². The van der Waals surface area contributed by atoms with E-state index >= 15 is 0 Å². The molecular formula is C23H30N6O3S. The predicted molar refractivity (Wildman–Crippen MR) is 131 cm³/mol. The summed E-state index contributed by atoms with van der Waals surface area (Å²) in [4.78, 5) is 27.2. The quantitative estimate of drug-likeness (QED) is 0.397. The Kier molecular flexibility index (Phi) is 7.83. The fourth-order valence-corrected chi connectivity index (χ4v) is 4.01. The molecule has 2 aromatic heterocycles. The fourth-order valence-electron chi connectivity index (χ4n) is 3.11. The van der Waals surface area contributed by atoms with Gasteiger partial charge in [0.1, 0.15) is 0 Å². The van der Waals surface area contributed by atoms with Crippen LogP contribution in [0.4, 0.5) is 21.6 Å². The second kappa shape index (κ2) is 10.6. The van der Waals surface area contributed by atoms with Crippen LogP contribution in [0.1, 0.15) is 33.3 Å². The van der Waals surface area contributed by atoms with E-state index < -0.39 is 11.6 Å². The molecule has 0 aliphatic carbocycles. The lowest BCUT2D eigenvalue weighted by atomic mass is 10.1. The second-order valence-electron chi connectivity index (χ2n) is 8.66. The number of aromatic nitrogens is 3. The smallest absolute Gasteiger partial charge is 0.408 e. The number of hydrogen-bond acceptors (Lipinski definition) is 8. The molecule has 3 N–H and O–H groups in total. The van der Waals surface area contributed by atoms with Crippen LogP contribution in [0.15, 0.2) is 42.7 Å². The highest BCUT2D eigenvalue weighted by Crippen LogP contribution is 2.28. The van der Waals surface area contributed by atoms with Crippen LogP contribution in [0.5, 0.6) is 0 Å². The van der Waals surface area contributed by atoms with Gasteiger partial charge in [0, 0.05) is 43.3 Å². The van der Waals surface area contributed by atoms with E-state index in [0.717, 1.165) is 27.0 Å². The van der Waals surface area contributed by atoms with Crippen LogP contribution >= 0.6 is 11.3 Å². The molecule has 0 bridgehead atoms. The molecule has 0 spiro atoms. The van der Waals surface area contributed by atoms with Crippen LogP contribution < -0.4 is 10.6 Å². The Balaban J connectivity index is 1.67. The first-order valence-electron chi connectivity index (χ1n) is 10.6. The SMILES string of the molecule is COCC(C)Nc1ncc(-c2ccnc(Nc3ccc(CN(C(=O)O)C(C)(C)C)cc3)n2)s1. The summed E-state index contributed by atoms with van der Waals surface area (Å²) in [6.45, 7) is 8.58. The zero-order valence-corrected chi connectivity index (χ0v) is 20.3. The molecule has 0 fully saturated rings. The van der Waals surface area contributed by atoms with E-state index in [2.05, 4.69) is 25.6 Å². The monoisotopic (exact) mass is 470 g/mol. The first-order valence-corrected chi connectivity index (χ1v) is 11.4. The average Bonchev–Trinajstić information content (AvgIpc) is 3.21. The van der Waals surface area contributed by atoms with Crippen molar-refractivity contribution in [3.63, 3.8) is 0 Å². The maximum absolute atomic E-state index is 11.6. The Labute approximate surface area is 197 Å². The minimum Gasteiger partial charge on any atom is -0.465 e. The molecule has 10 heteroatoms. The molecule has 3 aromatic rings. The molecule has 1 atom stereocenters. The summed E-state index contributed by atoms with van der Waals surface area (Å²) in [5.74, 6) is 0.470. The van der Waals surface area contributed by atoms with Gasteiger partial charge in [-0.2, -0.15) is 0 Å². The van der Waals surface area contributed by atoms with Gasteiger partial charge in [0.15, 0.2) is 5.13 Å².